The van der Waals surface area contributed by atoms with Crippen molar-refractivity contribution in [1.82, 2.24) is 25.1 Å². The molecule has 8 heteroatoms. The number of aryl methyl sites for hydroxylation is 3. The molecule has 0 fully saturated rings. The van der Waals surface area contributed by atoms with Gasteiger partial charge in [-0.1, -0.05) is 0 Å². The van der Waals surface area contributed by atoms with Crippen LogP contribution in [0.5, 0.6) is 0 Å². The second-order valence-electron chi connectivity index (χ2n) is 6.33. The number of carbonyl (C=O) groups is 1. The molecule has 1 aliphatic rings. The Kier molecular flexibility index (Phi) is 4.66. The molecule has 3 aromatic heterocycles. The van der Waals surface area contributed by atoms with Crippen molar-refractivity contribution < 1.29 is 4.79 Å². The third kappa shape index (κ3) is 3.60. The number of hydrogen-bond donors (Lipinski definition) is 2. The van der Waals surface area contributed by atoms with Crippen molar-refractivity contribution in [2.75, 3.05) is 5.32 Å². The van der Waals surface area contributed by atoms with Gasteiger partial charge in [-0.2, -0.15) is 5.10 Å². The number of anilines is 1. The monoisotopic (exact) mass is 368 g/mol. The maximum absolute atomic E-state index is 12.2. The van der Waals surface area contributed by atoms with E-state index in [9.17, 15) is 4.79 Å². The van der Waals surface area contributed by atoms with Crippen molar-refractivity contribution in [3.05, 3.63) is 46.9 Å². The van der Waals surface area contributed by atoms with Crippen molar-refractivity contribution in [2.45, 2.75) is 32.2 Å². The van der Waals surface area contributed by atoms with Gasteiger partial charge in [0.15, 0.2) is 5.13 Å². The predicted octanol–water partition coefficient (Wildman–Crippen LogP) is 3.14. The summed E-state index contributed by atoms with van der Waals surface area (Å²) in [5.41, 5.74) is 4.02. The maximum atomic E-state index is 12.2. The summed E-state index contributed by atoms with van der Waals surface area (Å²) in [7, 11) is 1.89. The lowest BCUT2D eigenvalue weighted by molar-refractivity contribution is 0.251. The summed E-state index contributed by atoms with van der Waals surface area (Å²) in [6, 6.07) is 3.69. The van der Waals surface area contributed by atoms with Gasteiger partial charge in [0.25, 0.3) is 0 Å². The predicted molar refractivity (Wildman–Crippen MR) is 101 cm³/mol. The molecule has 0 unspecified atom stereocenters. The van der Waals surface area contributed by atoms with Gasteiger partial charge in [0.05, 0.1) is 11.4 Å². The van der Waals surface area contributed by atoms with Gasteiger partial charge in [0.1, 0.15) is 0 Å². The standard InChI is InChI=1S/C18H20N6OS/c1-24-15(6-7-21-24)13-8-12(9-19-11-13)10-20-17(25)23-18-22-14-4-2-3-5-16(14)26-18/h6-9,11H,2-5,10H2,1H3,(H2,20,22,23,25). The lowest BCUT2D eigenvalue weighted by Crippen LogP contribution is -2.28. The van der Waals surface area contributed by atoms with Crippen molar-refractivity contribution >= 4 is 22.5 Å². The molecule has 4 rings (SSSR count). The molecule has 0 spiro atoms. The number of hydrogen-bond acceptors (Lipinski definition) is 5. The fourth-order valence-corrected chi connectivity index (χ4v) is 4.16. The van der Waals surface area contributed by atoms with Crippen LogP contribution < -0.4 is 10.6 Å². The molecule has 0 saturated carbocycles. The average Bonchev–Trinajstić information content (AvgIpc) is 3.25. The van der Waals surface area contributed by atoms with Gasteiger partial charge in [-0.05, 0) is 43.4 Å². The lowest BCUT2D eigenvalue weighted by Gasteiger charge is -2.07. The number of fused-ring (bicyclic) bond motifs is 1. The third-order valence-corrected chi connectivity index (χ3v) is 5.50. The van der Waals surface area contributed by atoms with Crippen LogP contribution in [0, 0.1) is 0 Å². The van der Waals surface area contributed by atoms with Crippen molar-refractivity contribution in [3.63, 3.8) is 0 Å². The normalized spacial score (nSPS) is 13.3. The van der Waals surface area contributed by atoms with E-state index in [1.54, 1.807) is 34.6 Å². The summed E-state index contributed by atoms with van der Waals surface area (Å²) in [6.07, 6.45) is 9.78. The second kappa shape index (κ2) is 7.25. The first-order valence-corrected chi connectivity index (χ1v) is 9.46. The number of nitrogens with one attached hydrogen (secondary N) is 2. The van der Waals surface area contributed by atoms with Gasteiger partial charge in [0.2, 0.25) is 0 Å². The topological polar surface area (TPSA) is 84.7 Å². The van der Waals surface area contributed by atoms with Crippen LogP contribution in [0.3, 0.4) is 0 Å². The first kappa shape index (κ1) is 16.7. The van der Waals surface area contributed by atoms with Crippen molar-refractivity contribution in [1.29, 1.82) is 0 Å². The quantitative estimate of drug-likeness (QED) is 0.741. The van der Waals surface area contributed by atoms with E-state index in [0.29, 0.717) is 11.7 Å². The fourth-order valence-electron chi connectivity index (χ4n) is 3.11. The van der Waals surface area contributed by atoms with E-state index >= 15 is 0 Å². The van der Waals surface area contributed by atoms with E-state index < -0.39 is 0 Å². The van der Waals surface area contributed by atoms with Crippen LogP contribution >= 0.6 is 11.3 Å². The highest BCUT2D eigenvalue weighted by Gasteiger charge is 2.16. The molecule has 3 aromatic rings. The Bertz CT molecular complexity index is 908. The SMILES string of the molecule is Cn1nccc1-c1cncc(CNC(=O)Nc2nc3c(s2)CCCC3)c1. The Balaban J connectivity index is 1.37. The van der Waals surface area contributed by atoms with Crippen molar-refractivity contribution in [2.24, 2.45) is 7.05 Å². The molecule has 2 N–H and O–H groups in total. The zero-order valence-electron chi connectivity index (χ0n) is 14.5. The molecule has 0 aromatic carbocycles. The van der Waals surface area contributed by atoms with Gasteiger partial charge in [-0.25, -0.2) is 9.78 Å². The minimum absolute atomic E-state index is 0.248. The summed E-state index contributed by atoms with van der Waals surface area (Å²) in [5, 5.41) is 10.6. The molecular weight excluding hydrogens is 348 g/mol. The highest BCUT2D eigenvalue weighted by Crippen LogP contribution is 2.29. The van der Waals surface area contributed by atoms with E-state index in [-0.39, 0.29) is 6.03 Å². The molecule has 2 amide bonds. The van der Waals surface area contributed by atoms with E-state index in [4.69, 9.17) is 0 Å². The molecule has 3 heterocycles. The lowest BCUT2D eigenvalue weighted by atomic mass is 10.0. The summed E-state index contributed by atoms with van der Waals surface area (Å²) in [4.78, 5) is 22.3. The largest absolute Gasteiger partial charge is 0.334 e. The van der Waals surface area contributed by atoms with Gasteiger partial charge < -0.3 is 5.32 Å². The zero-order chi connectivity index (χ0) is 17.9. The molecule has 0 radical (unpaired) electrons. The summed E-state index contributed by atoms with van der Waals surface area (Å²) < 4.78 is 1.80. The Hall–Kier alpha value is -2.74. The highest BCUT2D eigenvalue weighted by atomic mass is 32.1. The van der Waals surface area contributed by atoms with Gasteiger partial charge in [-0.15, -0.1) is 11.3 Å². The van der Waals surface area contributed by atoms with E-state index in [1.807, 2.05) is 19.2 Å². The minimum atomic E-state index is -0.248. The fraction of sp³-hybridized carbons (Fsp3) is 0.333. The number of thiazole rings is 1. The first-order chi connectivity index (χ1) is 12.7. The molecular formula is C18H20N6OS. The van der Waals surface area contributed by atoms with Crippen LogP contribution in [-0.2, 0) is 26.4 Å². The molecule has 1 aliphatic carbocycles. The molecule has 134 valence electrons. The first-order valence-electron chi connectivity index (χ1n) is 8.65. The van der Waals surface area contributed by atoms with Gasteiger partial charge in [0, 0.05) is 42.6 Å². The molecule has 0 saturated heterocycles. The summed E-state index contributed by atoms with van der Waals surface area (Å²) >= 11 is 1.58. The Morgan fingerprint density at radius 1 is 1.31 bits per heavy atom. The van der Waals surface area contributed by atoms with Crippen molar-refractivity contribution in [3.8, 4) is 11.3 Å². The van der Waals surface area contributed by atoms with E-state index in [0.717, 1.165) is 35.4 Å². The number of amides is 2. The minimum Gasteiger partial charge on any atom is -0.334 e. The Morgan fingerprint density at radius 2 is 2.19 bits per heavy atom. The third-order valence-electron chi connectivity index (χ3n) is 4.43. The maximum Gasteiger partial charge on any atom is 0.321 e. The van der Waals surface area contributed by atoms with Crippen LogP contribution in [0.4, 0.5) is 9.93 Å². The van der Waals surface area contributed by atoms with Crippen LogP contribution in [0.1, 0.15) is 29.0 Å². The number of rotatable bonds is 4. The number of carbonyl (C=O) groups excluding carboxylic acids is 1. The van der Waals surface area contributed by atoms with Crippen LogP contribution in [-0.4, -0.2) is 25.8 Å². The Labute approximate surface area is 155 Å². The van der Waals surface area contributed by atoms with Crippen LogP contribution in [0.2, 0.25) is 0 Å². The molecule has 0 bridgehead atoms. The zero-order valence-corrected chi connectivity index (χ0v) is 15.3. The number of urea groups is 1. The molecule has 0 atom stereocenters. The number of aromatic nitrogens is 4. The van der Waals surface area contributed by atoms with Gasteiger partial charge >= 0.3 is 6.03 Å². The highest BCUT2D eigenvalue weighted by molar-refractivity contribution is 7.15. The van der Waals surface area contributed by atoms with Gasteiger partial charge in [-0.3, -0.25) is 15.0 Å². The summed E-state index contributed by atoms with van der Waals surface area (Å²) in [6.45, 7) is 0.398. The van der Waals surface area contributed by atoms with E-state index in [2.05, 4.69) is 25.7 Å². The second-order valence-corrected chi connectivity index (χ2v) is 7.41. The smallest absolute Gasteiger partial charge is 0.321 e. The number of nitrogens with zero attached hydrogens (tertiary/aromatic N) is 4. The van der Waals surface area contributed by atoms with Crippen LogP contribution in [0.25, 0.3) is 11.3 Å². The molecule has 7 nitrogen and oxygen atoms in total. The molecule has 0 aliphatic heterocycles. The van der Waals surface area contributed by atoms with E-state index in [1.165, 1.54) is 17.7 Å². The Morgan fingerprint density at radius 3 is 3.00 bits per heavy atom. The van der Waals surface area contributed by atoms with Crippen LogP contribution in [0.15, 0.2) is 30.7 Å². The number of pyridine rings is 1. The summed E-state index contributed by atoms with van der Waals surface area (Å²) in [5.74, 6) is 0. The average molecular weight is 368 g/mol. The molecule has 26 heavy (non-hydrogen) atoms.